The van der Waals surface area contributed by atoms with Crippen LogP contribution in [0.25, 0.3) is 0 Å². The van der Waals surface area contributed by atoms with Gasteiger partial charge in [0.1, 0.15) is 11.8 Å². The quantitative estimate of drug-likeness (QED) is 0.795. The highest BCUT2D eigenvalue weighted by Crippen LogP contribution is 2.40. The first-order valence-corrected chi connectivity index (χ1v) is 9.26. The second-order valence-electron chi connectivity index (χ2n) is 7.10. The fourth-order valence-electron chi connectivity index (χ4n) is 3.54. The van der Waals surface area contributed by atoms with Crippen LogP contribution in [0.1, 0.15) is 41.6 Å². The van der Waals surface area contributed by atoms with E-state index in [0.29, 0.717) is 19.6 Å². The summed E-state index contributed by atoms with van der Waals surface area (Å²) in [5, 5.41) is 2.81. The van der Waals surface area contributed by atoms with Gasteiger partial charge in [0.15, 0.2) is 0 Å². The average Bonchev–Trinajstić information content (AvgIpc) is 2.90. The number of hydrogen-bond acceptors (Lipinski definition) is 3. The molecule has 1 atom stereocenters. The summed E-state index contributed by atoms with van der Waals surface area (Å²) in [6.07, 6.45) is 0.708. The van der Waals surface area contributed by atoms with Crippen LogP contribution < -0.4 is 15.0 Å². The van der Waals surface area contributed by atoms with Crippen molar-refractivity contribution in [2.45, 2.75) is 40.2 Å². The first kappa shape index (κ1) is 19.0. The number of anilines is 1. The first-order chi connectivity index (χ1) is 12.9. The van der Waals surface area contributed by atoms with Crippen molar-refractivity contribution in [1.29, 1.82) is 0 Å². The van der Waals surface area contributed by atoms with Crippen molar-refractivity contribution in [3.05, 3.63) is 58.7 Å². The number of carbonyl (C=O) groups is 2. The van der Waals surface area contributed by atoms with E-state index in [9.17, 15) is 9.59 Å². The monoisotopic (exact) mass is 366 g/mol. The van der Waals surface area contributed by atoms with E-state index in [1.165, 1.54) is 12.5 Å². The van der Waals surface area contributed by atoms with E-state index in [2.05, 4.69) is 5.32 Å². The maximum atomic E-state index is 13.0. The molecule has 0 spiro atoms. The third-order valence-electron chi connectivity index (χ3n) is 4.87. The second kappa shape index (κ2) is 7.82. The molecule has 5 nitrogen and oxygen atoms in total. The van der Waals surface area contributed by atoms with Crippen LogP contribution in [0.15, 0.2) is 36.4 Å². The van der Waals surface area contributed by atoms with Crippen LogP contribution in [0.4, 0.5) is 5.69 Å². The molecule has 2 aromatic carbocycles. The van der Waals surface area contributed by atoms with Gasteiger partial charge in [0.25, 0.3) is 5.91 Å². The summed E-state index contributed by atoms with van der Waals surface area (Å²) in [6, 6.07) is 11.3. The van der Waals surface area contributed by atoms with E-state index >= 15 is 0 Å². The smallest absolute Gasteiger partial charge is 0.254 e. The summed E-state index contributed by atoms with van der Waals surface area (Å²) < 4.78 is 5.78. The standard InChI is InChI=1S/C22H26N2O3/c1-14-6-10-18(11-7-14)27-13-5-12-24-21-16(3)9-8-15(2)19(21)20(22(24)26)23-17(4)25/h6-11,20H,5,12-13H2,1-4H3,(H,23,25)/t20-/m1/s1. The number of ether oxygens (including phenoxy) is 1. The average molecular weight is 366 g/mol. The molecule has 1 aliphatic heterocycles. The molecule has 0 saturated carbocycles. The lowest BCUT2D eigenvalue weighted by Crippen LogP contribution is -2.37. The highest BCUT2D eigenvalue weighted by Gasteiger charge is 2.39. The predicted molar refractivity (Wildman–Crippen MR) is 106 cm³/mol. The van der Waals surface area contributed by atoms with E-state index in [0.717, 1.165) is 28.1 Å². The van der Waals surface area contributed by atoms with Crippen molar-refractivity contribution >= 4 is 17.5 Å². The van der Waals surface area contributed by atoms with Crippen LogP contribution in [-0.4, -0.2) is 25.0 Å². The molecular weight excluding hydrogens is 340 g/mol. The largest absolute Gasteiger partial charge is 0.494 e. The van der Waals surface area contributed by atoms with Gasteiger partial charge in [-0.05, 0) is 50.5 Å². The molecule has 3 rings (SSSR count). The van der Waals surface area contributed by atoms with Crippen molar-refractivity contribution in [3.8, 4) is 5.75 Å². The fourth-order valence-corrected chi connectivity index (χ4v) is 3.54. The Morgan fingerprint density at radius 1 is 1.07 bits per heavy atom. The normalized spacial score (nSPS) is 15.6. The molecule has 2 amide bonds. The molecule has 1 aliphatic rings. The Morgan fingerprint density at radius 3 is 2.41 bits per heavy atom. The van der Waals surface area contributed by atoms with Gasteiger partial charge in [-0.2, -0.15) is 0 Å². The van der Waals surface area contributed by atoms with Crippen LogP contribution in [0, 0.1) is 20.8 Å². The Bertz CT molecular complexity index is 859. The number of fused-ring (bicyclic) bond motifs is 1. The topological polar surface area (TPSA) is 58.6 Å². The first-order valence-electron chi connectivity index (χ1n) is 9.26. The molecule has 0 aromatic heterocycles. The summed E-state index contributed by atoms with van der Waals surface area (Å²) in [4.78, 5) is 26.4. The Kier molecular flexibility index (Phi) is 5.49. The number of nitrogens with one attached hydrogen (secondary N) is 1. The number of rotatable bonds is 6. The maximum absolute atomic E-state index is 13.0. The molecule has 2 aromatic rings. The Labute approximate surface area is 160 Å². The summed E-state index contributed by atoms with van der Waals surface area (Å²) >= 11 is 0. The lowest BCUT2D eigenvalue weighted by atomic mass is 9.99. The van der Waals surface area contributed by atoms with E-state index in [1.807, 2.05) is 57.2 Å². The lowest BCUT2D eigenvalue weighted by Gasteiger charge is -2.20. The van der Waals surface area contributed by atoms with Gasteiger partial charge in [0.2, 0.25) is 5.91 Å². The van der Waals surface area contributed by atoms with Crippen LogP contribution in [0.5, 0.6) is 5.75 Å². The van der Waals surface area contributed by atoms with Gasteiger partial charge in [0.05, 0.1) is 12.3 Å². The van der Waals surface area contributed by atoms with Gasteiger partial charge in [-0.1, -0.05) is 29.8 Å². The summed E-state index contributed by atoms with van der Waals surface area (Å²) in [6.45, 7) is 8.53. The molecule has 0 unspecified atom stereocenters. The number of benzene rings is 2. The molecular formula is C22H26N2O3. The Hall–Kier alpha value is -2.82. The molecule has 5 heteroatoms. The van der Waals surface area contributed by atoms with E-state index in [4.69, 9.17) is 4.74 Å². The molecule has 0 radical (unpaired) electrons. The highest BCUT2D eigenvalue weighted by atomic mass is 16.5. The fraction of sp³-hybridized carbons (Fsp3) is 0.364. The van der Waals surface area contributed by atoms with Gasteiger partial charge in [-0.3, -0.25) is 9.59 Å². The highest BCUT2D eigenvalue weighted by molar-refractivity contribution is 6.07. The zero-order valence-corrected chi connectivity index (χ0v) is 16.3. The van der Waals surface area contributed by atoms with Crippen molar-refractivity contribution in [3.63, 3.8) is 0 Å². The second-order valence-corrected chi connectivity index (χ2v) is 7.10. The zero-order chi connectivity index (χ0) is 19.6. The minimum Gasteiger partial charge on any atom is -0.494 e. The number of carbonyl (C=O) groups excluding carboxylic acids is 2. The number of aryl methyl sites for hydroxylation is 3. The van der Waals surface area contributed by atoms with Gasteiger partial charge in [-0.15, -0.1) is 0 Å². The van der Waals surface area contributed by atoms with Gasteiger partial charge < -0.3 is 15.0 Å². The van der Waals surface area contributed by atoms with Crippen LogP contribution in [0.2, 0.25) is 0 Å². The van der Waals surface area contributed by atoms with Crippen molar-refractivity contribution in [2.75, 3.05) is 18.1 Å². The molecule has 27 heavy (non-hydrogen) atoms. The van der Waals surface area contributed by atoms with Crippen LogP contribution in [0.3, 0.4) is 0 Å². The molecule has 0 fully saturated rings. The van der Waals surface area contributed by atoms with Gasteiger partial charge >= 0.3 is 0 Å². The predicted octanol–water partition coefficient (Wildman–Crippen LogP) is 3.60. The third kappa shape index (κ3) is 3.97. The molecule has 142 valence electrons. The van der Waals surface area contributed by atoms with Crippen molar-refractivity contribution in [2.24, 2.45) is 0 Å². The van der Waals surface area contributed by atoms with Crippen LogP contribution >= 0.6 is 0 Å². The SMILES string of the molecule is CC(=O)N[C@H]1C(=O)N(CCCOc2ccc(C)cc2)c2c(C)ccc(C)c21. The Morgan fingerprint density at radius 2 is 1.74 bits per heavy atom. The summed E-state index contributed by atoms with van der Waals surface area (Å²) in [5.41, 5.74) is 5.08. The van der Waals surface area contributed by atoms with E-state index in [1.54, 1.807) is 4.90 Å². The number of nitrogens with zero attached hydrogens (tertiary/aromatic N) is 1. The summed E-state index contributed by atoms with van der Waals surface area (Å²) in [5.74, 6) is 0.551. The lowest BCUT2D eigenvalue weighted by molar-refractivity contribution is -0.126. The summed E-state index contributed by atoms with van der Waals surface area (Å²) in [7, 11) is 0. The van der Waals surface area contributed by atoms with Gasteiger partial charge in [0, 0.05) is 19.0 Å². The minimum atomic E-state index is -0.601. The minimum absolute atomic E-state index is 0.0760. The Balaban J connectivity index is 1.72. The van der Waals surface area contributed by atoms with Crippen LogP contribution in [-0.2, 0) is 9.59 Å². The molecule has 1 N–H and O–H groups in total. The molecule has 0 saturated heterocycles. The van der Waals surface area contributed by atoms with Crippen molar-refractivity contribution < 1.29 is 14.3 Å². The molecule has 1 heterocycles. The maximum Gasteiger partial charge on any atom is 0.254 e. The molecule has 0 aliphatic carbocycles. The third-order valence-corrected chi connectivity index (χ3v) is 4.87. The number of amides is 2. The molecule has 0 bridgehead atoms. The van der Waals surface area contributed by atoms with Crippen molar-refractivity contribution in [1.82, 2.24) is 5.32 Å². The van der Waals surface area contributed by atoms with E-state index < -0.39 is 6.04 Å². The number of hydrogen-bond donors (Lipinski definition) is 1. The van der Waals surface area contributed by atoms with Gasteiger partial charge in [-0.25, -0.2) is 0 Å². The zero-order valence-electron chi connectivity index (χ0n) is 16.3. The van der Waals surface area contributed by atoms with E-state index in [-0.39, 0.29) is 11.8 Å².